The van der Waals surface area contributed by atoms with E-state index in [-0.39, 0.29) is 0 Å². The highest BCUT2D eigenvalue weighted by Crippen LogP contribution is 2.03. The Balaban J connectivity index is 2.73. The molecule has 4 nitrogen and oxygen atoms in total. The third kappa shape index (κ3) is 2.82. The molecule has 0 aromatic carbocycles. The van der Waals surface area contributed by atoms with Crippen LogP contribution in [0, 0.1) is 11.3 Å². The summed E-state index contributed by atoms with van der Waals surface area (Å²) >= 11 is 0. The summed E-state index contributed by atoms with van der Waals surface area (Å²) in [7, 11) is 3.43. The van der Waals surface area contributed by atoms with E-state index in [0.717, 1.165) is 5.56 Å². The molecule has 68 valence electrons. The molecule has 0 radical (unpaired) electrons. The second-order valence-electron chi connectivity index (χ2n) is 2.63. The number of nitrogens with zero attached hydrogens (tertiary/aromatic N) is 3. The minimum absolute atomic E-state index is 0.432. The van der Waals surface area contributed by atoms with Crippen molar-refractivity contribution >= 4 is 0 Å². The number of aromatic nitrogens is 1. The molecule has 13 heavy (non-hydrogen) atoms. The Morgan fingerprint density at radius 1 is 1.69 bits per heavy atom. The van der Waals surface area contributed by atoms with Crippen molar-refractivity contribution in [2.45, 2.75) is 6.54 Å². The van der Waals surface area contributed by atoms with Gasteiger partial charge < -0.3 is 4.84 Å². The van der Waals surface area contributed by atoms with Gasteiger partial charge in [-0.2, -0.15) is 10.3 Å². The summed E-state index contributed by atoms with van der Waals surface area (Å²) in [5, 5.41) is 10.3. The summed E-state index contributed by atoms with van der Waals surface area (Å²) in [5.74, 6) is 0. The van der Waals surface area contributed by atoms with Crippen molar-refractivity contribution in [3.8, 4) is 6.07 Å². The molecule has 0 bridgehead atoms. The molecule has 0 unspecified atom stereocenters. The normalized spacial score (nSPS) is 10.0. The summed E-state index contributed by atoms with van der Waals surface area (Å²) in [5.41, 5.74) is 1.44. The monoisotopic (exact) mass is 177 g/mol. The lowest BCUT2D eigenvalue weighted by atomic mass is 10.2. The van der Waals surface area contributed by atoms with Crippen LogP contribution in [-0.2, 0) is 11.4 Å². The van der Waals surface area contributed by atoms with Gasteiger partial charge >= 0.3 is 0 Å². The number of rotatable bonds is 3. The van der Waals surface area contributed by atoms with E-state index in [4.69, 9.17) is 10.1 Å². The zero-order valence-corrected chi connectivity index (χ0v) is 7.69. The SMILES string of the molecule is CON(C)Cc1ccnc(C#N)c1. The fourth-order valence-corrected chi connectivity index (χ4v) is 0.955. The van der Waals surface area contributed by atoms with Crippen LogP contribution in [0.5, 0.6) is 0 Å². The zero-order chi connectivity index (χ0) is 9.68. The number of hydrogen-bond acceptors (Lipinski definition) is 4. The van der Waals surface area contributed by atoms with Crippen LogP contribution in [0.1, 0.15) is 11.3 Å². The minimum atomic E-state index is 0.432. The summed E-state index contributed by atoms with van der Waals surface area (Å²) in [6.07, 6.45) is 1.62. The van der Waals surface area contributed by atoms with Crippen LogP contribution < -0.4 is 0 Å². The topological polar surface area (TPSA) is 49.1 Å². The first-order valence-electron chi connectivity index (χ1n) is 3.86. The maximum atomic E-state index is 8.60. The largest absolute Gasteiger partial charge is 0.302 e. The molecule has 0 fully saturated rings. The number of hydrogen-bond donors (Lipinski definition) is 0. The fourth-order valence-electron chi connectivity index (χ4n) is 0.955. The van der Waals surface area contributed by atoms with Crippen molar-refractivity contribution < 1.29 is 4.84 Å². The molecule has 0 saturated carbocycles. The van der Waals surface area contributed by atoms with E-state index in [1.807, 2.05) is 19.2 Å². The van der Waals surface area contributed by atoms with Crippen LogP contribution in [0.3, 0.4) is 0 Å². The standard InChI is InChI=1S/C9H11N3O/c1-12(13-2)7-8-3-4-11-9(5-8)6-10/h3-5H,7H2,1-2H3. The minimum Gasteiger partial charge on any atom is -0.302 e. The molecule has 0 aliphatic carbocycles. The Bertz CT molecular complexity index is 319. The molecular formula is C9H11N3O. The summed E-state index contributed by atoms with van der Waals surface area (Å²) in [4.78, 5) is 8.83. The first-order chi connectivity index (χ1) is 6.26. The molecule has 0 aliphatic rings. The van der Waals surface area contributed by atoms with Crippen molar-refractivity contribution in [1.29, 1.82) is 5.26 Å². The molecule has 0 atom stereocenters. The molecule has 0 aliphatic heterocycles. The molecule has 1 aromatic heterocycles. The third-order valence-electron chi connectivity index (χ3n) is 1.66. The van der Waals surface area contributed by atoms with Crippen molar-refractivity contribution in [1.82, 2.24) is 10.0 Å². The fraction of sp³-hybridized carbons (Fsp3) is 0.333. The van der Waals surface area contributed by atoms with E-state index >= 15 is 0 Å². The average molecular weight is 177 g/mol. The second-order valence-corrected chi connectivity index (χ2v) is 2.63. The van der Waals surface area contributed by atoms with E-state index in [0.29, 0.717) is 12.2 Å². The molecule has 4 heteroatoms. The van der Waals surface area contributed by atoms with Gasteiger partial charge in [-0.3, -0.25) is 0 Å². The Morgan fingerprint density at radius 2 is 2.46 bits per heavy atom. The third-order valence-corrected chi connectivity index (χ3v) is 1.66. The molecule has 1 heterocycles. The van der Waals surface area contributed by atoms with Gasteiger partial charge in [-0.25, -0.2) is 4.98 Å². The summed E-state index contributed by atoms with van der Waals surface area (Å²) in [6, 6.07) is 5.59. The zero-order valence-electron chi connectivity index (χ0n) is 7.69. The van der Waals surface area contributed by atoms with Gasteiger partial charge in [-0.05, 0) is 17.7 Å². The summed E-state index contributed by atoms with van der Waals surface area (Å²) in [6.45, 7) is 0.647. The highest BCUT2D eigenvalue weighted by molar-refractivity contribution is 5.25. The first-order valence-corrected chi connectivity index (χ1v) is 3.86. The molecule has 0 N–H and O–H groups in total. The van der Waals surface area contributed by atoms with E-state index in [1.54, 1.807) is 24.4 Å². The van der Waals surface area contributed by atoms with Gasteiger partial charge in [0.05, 0.1) is 7.11 Å². The highest BCUT2D eigenvalue weighted by Gasteiger charge is 1.99. The van der Waals surface area contributed by atoms with E-state index in [2.05, 4.69) is 4.98 Å². The van der Waals surface area contributed by atoms with Crippen LogP contribution >= 0.6 is 0 Å². The molecule has 1 rings (SSSR count). The van der Waals surface area contributed by atoms with Gasteiger partial charge in [-0.15, -0.1) is 0 Å². The van der Waals surface area contributed by atoms with Crippen molar-refractivity contribution in [2.75, 3.05) is 14.2 Å². The molecule has 0 amide bonds. The highest BCUT2D eigenvalue weighted by atomic mass is 16.7. The second kappa shape index (κ2) is 4.55. The molecular weight excluding hydrogens is 166 g/mol. The summed E-state index contributed by atoms with van der Waals surface area (Å²) < 4.78 is 0. The maximum Gasteiger partial charge on any atom is 0.140 e. The molecule has 1 aromatic rings. The Labute approximate surface area is 77.3 Å². The lowest BCUT2D eigenvalue weighted by Crippen LogP contribution is -2.15. The van der Waals surface area contributed by atoms with Crippen LogP contribution in [-0.4, -0.2) is 24.2 Å². The van der Waals surface area contributed by atoms with Crippen LogP contribution in [0.25, 0.3) is 0 Å². The lowest BCUT2D eigenvalue weighted by Gasteiger charge is -2.12. The van der Waals surface area contributed by atoms with Gasteiger partial charge in [0.1, 0.15) is 11.8 Å². The Hall–Kier alpha value is -1.44. The van der Waals surface area contributed by atoms with Gasteiger partial charge in [0.2, 0.25) is 0 Å². The number of pyridine rings is 1. The van der Waals surface area contributed by atoms with Gasteiger partial charge in [0.15, 0.2) is 0 Å². The van der Waals surface area contributed by atoms with Gasteiger partial charge in [0, 0.05) is 19.8 Å². The predicted molar refractivity (Wildman–Crippen MR) is 47.4 cm³/mol. The van der Waals surface area contributed by atoms with Crippen LogP contribution in [0.2, 0.25) is 0 Å². The van der Waals surface area contributed by atoms with E-state index in [9.17, 15) is 0 Å². The number of nitriles is 1. The van der Waals surface area contributed by atoms with E-state index < -0.39 is 0 Å². The predicted octanol–water partition coefficient (Wildman–Crippen LogP) is 0.946. The van der Waals surface area contributed by atoms with Gasteiger partial charge in [0.25, 0.3) is 0 Å². The van der Waals surface area contributed by atoms with Crippen LogP contribution in [0.4, 0.5) is 0 Å². The lowest BCUT2D eigenvalue weighted by molar-refractivity contribution is -0.116. The van der Waals surface area contributed by atoms with Crippen LogP contribution in [0.15, 0.2) is 18.3 Å². The number of hydroxylamine groups is 2. The van der Waals surface area contributed by atoms with E-state index in [1.165, 1.54) is 0 Å². The Kier molecular flexibility index (Phi) is 3.38. The average Bonchev–Trinajstić information content (AvgIpc) is 2.18. The van der Waals surface area contributed by atoms with Crippen molar-refractivity contribution in [2.24, 2.45) is 0 Å². The molecule has 0 spiro atoms. The maximum absolute atomic E-state index is 8.60. The van der Waals surface area contributed by atoms with Crippen molar-refractivity contribution in [3.63, 3.8) is 0 Å². The smallest absolute Gasteiger partial charge is 0.140 e. The Morgan fingerprint density at radius 3 is 3.08 bits per heavy atom. The van der Waals surface area contributed by atoms with Gasteiger partial charge in [-0.1, -0.05) is 0 Å². The molecule has 0 saturated heterocycles. The first kappa shape index (κ1) is 9.65. The van der Waals surface area contributed by atoms with Crippen molar-refractivity contribution in [3.05, 3.63) is 29.6 Å². The quantitative estimate of drug-likeness (QED) is 0.645.